The fourth-order valence-corrected chi connectivity index (χ4v) is 2.01. The van der Waals surface area contributed by atoms with Crippen LogP contribution in [0.3, 0.4) is 0 Å². The zero-order valence-electron chi connectivity index (χ0n) is 12.5. The first-order valence-corrected chi connectivity index (χ1v) is 7.38. The summed E-state index contributed by atoms with van der Waals surface area (Å²) in [5.74, 6) is -0.392. The minimum absolute atomic E-state index is 0.392. The summed E-state index contributed by atoms with van der Waals surface area (Å²) in [6.45, 7) is 2.23. The van der Waals surface area contributed by atoms with Crippen LogP contribution in [0.15, 0.2) is 30.3 Å². The maximum Gasteiger partial charge on any atom is 0.276 e. The molecule has 1 amide bonds. The molecule has 110 valence electrons. The van der Waals surface area contributed by atoms with Gasteiger partial charge in [-0.1, -0.05) is 56.9 Å². The third kappa shape index (κ3) is 6.02. The van der Waals surface area contributed by atoms with Gasteiger partial charge in [0.25, 0.3) is 5.91 Å². The van der Waals surface area contributed by atoms with Crippen molar-refractivity contribution in [1.29, 1.82) is 0 Å². The lowest BCUT2D eigenvalue weighted by molar-refractivity contribution is -0.0374. The molecule has 0 aliphatic carbocycles. The van der Waals surface area contributed by atoms with E-state index in [9.17, 15) is 4.79 Å². The van der Waals surface area contributed by atoms with E-state index in [-0.39, 0.29) is 0 Å². The van der Waals surface area contributed by atoms with Gasteiger partial charge in [-0.15, -0.1) is 0 Å². The Morgan fingerprint density at radius 3 is 2.40 bits per heavy atom. The van der Waals surface area contributed by atoms with E-state index in [4.69, 9.17) is 5.21 Å². The summed E-state index contributed by atoms with van der Waals surface area (Å²) in [6.07, 6.45) is 11.8. The molecule has 1 rings (SSSR count). The number of allylic oxidation sites excluding steroid dienone is 1. The predicted octanol–water partition coefficient (Wildman–Crippen LogP) is 4.52. The van der Waals surface area contributed by atoms with Crippen molar-refractivity contribution in [3.63, 3.8) is 0 Å². The van der Waals surface area contributed by atoms with E-state index in [1.165, 1.54) is 39.2 Å². The monoisotopic (exact) mass is 275 g/mol. The molecule has 0 bridgehead atoms. The summed E-state index contributed by atoms with van der Waals surface area (Å²) in [7, 11) is 1.33. The standard InChI is InChI=1S/C17H25NO2/c1-3-4-5-6-7-8-9-10-15-11-13-16(14-12-15)17(19)18(2)20/h9-14,20H,3-8H2,1-2H3/b10-9+. The lowest BCUT2D eigenvalue weighted by Gasteiger charge is -2.07. The smallest absolute Gasteiger partial charge is 0.276 e. The molecule has 1 aromatic rings. The average Bonchev–Trinajstić information content (AvgIpc) is 2.46. The first-order chi connectivity index (χ1) is 9.65. The Morgan fingerprint density at radius 2 is 1.80 bits per heavy atom. The van der Waals surface area contributed by atoms with Crippen LogP contribution in [0.1, 0.15) is 61.4 Å². The van der Waals surface area contributed by atoms with Crippen LogP contribution >= 0.6 is 0 Å². The van der Waals surface area contributed by atoms with Crippen LogP contribution in [0.4, 0.5) is 0 Å². The second-order valence-electron chi connectivity index (χ2n) is 5.06. The second kappa shape index (κ2) is 9.32. The van der Waals surface area contributed by atoms with E-state index >= 15 is 0 Å². The molecule has 20 heavy (non-hydrogen) atoms. The van der Waals surface area contributed by atoms with E-state index in [1.807, 2.05) is 12.1 Å². The van der Waals surface area contributed by atoms with Crippen LogP contribution in [-0.2, 0) is 0 Å². The number of hydrogen-bond acceptors (Lipinski definition) is 2. The molecule has 3 heteroatoms. The maximum absolute atomic E-state index is 11.5. The molecule has 0 atom stereocenters. The highest BCUT2D eigenvalue weighted by Crippen LogP contribution is 2.10. The molecule has 0 aliphatic rings. The molecular weight excluding hydrogens is 250 g/mol. The normalized spacial score (nSPS) is 10.9. The summed E-state index contributed by atoms with van der Waals surface area (Å²) in [5.41, 5.74) is 1.57. The number of rotatable bonds is 8. The maximum atomic E-state index is 11.5. The van der Waals surface area contributed by atoms with Gasteiger partial charge in [0.2, 0.25) is 0 Å². The van der Waals surface area contributed by atoms with Crippen molar-refractivity contribution in [3.05, 3.63) is 41.5 Å². The van der Waals surface area contributed by atoms with Crippen molar-refractivity contribution in [2.75, 3.05) is 7.05 Å². The first kappa shape index (κ1) is 16.4. The molecule has 0 spiro atoms. The summed E-state index contributed by atoms with van der Waals surface area (Å²) in [4.78, 5) is 11.5. The molecule has 0 aliphatic heterocycles. The molecule has 1 aromatic carbocycles. The Balaban J connectivity index is 2.36. The van der Waals surface area contributed by atoms with Gasteiger partial charge in [0.1, 0.15) is 0 Å². The SMILES string of the molecule is CCCCCCC/C=C/c1ccc(C(=O)N(C)O)cc1. The van der Waals surface area contributed by atoms with Crippen molar-refractivity contribution in [2.24, 2.45) is 0 Å². The van der Waals surface area contributed by atoms with Crippen LogP contribution in [0, 0.1) is 0 Å². The average molecular weight is 275 g/mol. The number of unbranched alkanes of at least 4 members (excludes halogenated alkanes) is 5. The summed E-state index contributed by atoms with van der Waals surface area (Å²) in [5, 5.41) is 9.67. The zero-order valence-corrected chi connectivity index (χ0v) is 12.5. The molecular formula is C17H25NO2. The number of hydroxylamine groups is 2. The third-order valence-corrected chi connectivity index (χ3v) is 3.24. The Labute approximate surface area is 121 Å². The number of benzene rings is 1. The van der Waals surface area contributed by atoms with Gasteiger partial charge in [-0.05, 0) is 30.5 Å². The Hall–Kier alpha value is -1.61. The van der Waals surface area contributed by atoms with Gasteiger partial charge in [0.15, 0.2) is 0 Å². The molecule has 1 N–H and O–H groups in total. The van der Waals surface area contributed by atoms with Crippen LogP contribution in [0.25, 0.3) is 6.08 Å². The van der Waals surface area contributed by atoms with Crippen molar-refractivity contribution in [1.82, 2.24) is 5.06 Å². The van der Waals surface area contributed by atoms with E-state index < -0.39 is 5.91 Å². The molecule has 0 fully saturated rings. The zero-order chi connectivity index (χ0) is 14.8. The summed E-state index contributed by atoms with van der Waals surface area (Å²) < 4.78 is 0. The number of carbonyl (C=O) groups excluding carboxylic acids is 1. The van der Waals surface area contributed by atoms with Gasteiger partial charge >= 0.3 is 0 Å². The van der Waals surface area contributed by atoms with Crippen molar-refractivity contribution >= 4 is 12.0 Å². The topological polar surface area (TPSA) is 40.5 Å². The first-order valence-electron chi connectivity index (χ1n) is 7.38. The van der Waals surface area contributed by atoms with E-state index in [1.54, 1.807) is 12.1 Å². The van der Waals surface area contributed by atoms with Crippen molar-refractivity contribution in [3.8, 4) is 0 Å². The number of amides is 1. The fourth-order valence-electron chi connectivity index (χ4n) is 2.01. The van der Waals surface area contributed by atoms with Crippen molar-refractivity contribution < 1.29 is 10.0 Å². The van der Waals surface area contributed by atoms with Gasteiger partial charge in [-0.2, -0.15) is 0 Å². The van der Waals surface area contributed by atoms with Gasteiger partial charge in [0.05, 0.1) is 0 Å². The molecule has 3 nitrogen and oxygen atoms in total. The molecule has 0 radical (unpaired) electrons. The summed E-state index contributed by atoms with van der Waals surface area (Å²) >= 11 is 0. The van der Waals surface area contributed by atoms with Crippen molar-refractivity contribution in [2.45, 2.75) is 45.4 Å². The molecule has 0 unspecified atom stereocenters. The second-order valence-corrected chi connectivity index (χ2v) is 5.06. The highest BCUT2D eigenvalue weighted by atomic mass is 16.5. The molecule has 0 heterocycles. The Kier molecular flexibility index (Phi) is 7.66. The third-order valence-electron chi connectivity index (χ3n) is 3.24. The van der Waals surface area contributed by atoms with Gasteiger partial charge in [0, 0.05) is 12.6 Å². The quantitative estimate of drug-likeness (QED) is 0.430. The minimum Gasteiger partial charge on any atom is -0.286 e. The number of hydrogen-bond donors (Lipinski definition) is 1. The predicted molar refractivity (Wildman–Crippen MR) is 82.7 cm³/mol. The lowest BCUT2D eigenvalue weighted by atomic mass is 10.1. The van der Waals surface area contributed by atoms with E-state index in [2.05, 4.69) is 19.1 Å². The molecule has 0 saturated carbocycles. The van der Waals surface area contributed by atoms with Crippen LogP contribution < -0.4 is 0 Å². The molecule has 0 saturated heterocycles. The van der Waals surface area contributed by atoms with Gasteiger partial charge < -0.3 is 0 Å². The van der Waals surface area contributed by atoms with E-state index in [0.29, 0.717) is 10.6 Å². The fraction of sp³-hybridized carbons (Fsp3) is 0.471. The van der Waals surface area contributed by atoms with Crippen LogP contribution in [-0.4, -0.2) is 23.2 Å². The van der Waals surface area contributed by atoms with Gasteiger partial charge in [-0.3, -0.25) is 10.0 Å². The number of nitrogens with zero attached hydrogens (tertiary/aromatic N) is 1. The highest BCUT2D eigenvalue weighted by Gasteiger charge is 2.07. The van der Waals surface area contributed by atoms with Crippen LogP contribution in [0.5, 0.6) is 0 Å². The lowest BCUT2D eigenvalue weighted by Crippen LogP contribution is -2.22. The van der Waals surface area contributed by atoms with E-state index in [0.717, 1.165) is 12.0 Å². The molecule has 0 aromatic heterocycles. The Bertz CT molecular complexity index is 421. The Morgan fingerprint density at radius 1 is 1.15 bits per heavy atom. The highest BCUT2D eigenvalue weighted by molar-refractivity contribution is 5.93. The number of carbonyl (C=O) groups is 1. The summed E-state index contributed by atoms with van der Waals surface area (Å²) in [6, 6.07) is 7.25. The van der Waals surface area contributed by atoms with Gasteiger partial charge in [-0.25, -0.2) is 5.06 Å². The largest absolute Gasteiger partial charge is 0.286 e. The minimum atomic E-state index is -0.392. The van der Waals surface area contributed by atoms with Crippen LogP contribution in [0.2, 0.25) is 0 Å².